The third kappa shape index (κ3) is 4.79. The first-order chi connectivity index (χ1) is 8.35. The van der Waals surface area contributed by atoms with Crippen LogP contribution in [0.25, 0.3) is 0 Å². The highest BCUT2D eigenvalue weighted by Gasteiger charge is 2.20. The molecule has 0 saturated heterocycles. The van der Waals surface area contributed by atoms with Gasteiger partial charge in [0.05, 0.1) is 6.42 Å². The number of thiophene rings is 1. The molecule has 0 unspecified atom stereocenters. The van der Waals surface area contributed by atoms with E-state index in [9.17, 15) is 4.79 Å². The second-order valence-corrected chi connectivity index (χ2v) is 6.94. The van der Waals surface area contributed by atoms with Crippen molar-refractivity contribution in [2.45, 2.75) is 50.5 Å². The molecule has 0 saturated carbocycles. The Hall–Kier alpha value is -0.250. The Morgan fingerprint density at radius 1 is 1.44 bits per heavy atom. The molecule has 0 fully saturated rings. The van der Waals surface area contributed by atoms with Crippen molar-refractivity contribution in [3.63, 3.8) is 0 Å². The van der Waals surface area contributed by atoms with Crippen LogP contribution >= 0.6 is 34.5 Å². The van der Waals surface area contributed by atoms with E-state index in [-0.39, 0.29) is 11.4 Å². The average molecular weight is 309 g/mol. The van der Waals surface area contributed by atoms with Crippen LogP contribution < -0.4 is 0 Å². The van der Waals surface area contributed by atoms with Gasteiger partial charge in [-0.15, -0.1) is 11.3 Å². The predicted molar refractivity (Wildman–Crippen MR) is 77.5 cm³/mol. The lowest BCUT2D eigenvalue weighted by Crippen LogP contribution is -2.12. The van der Waals surface area contributed by atoms with E-state index >= 15 is 0 Å². The summed E-state index contributed by atoms with van der Waals surface area (Å²) in [5.41, 5.74) is 0.195. The molecule has 5 heteroatoms. The minimum Gasteiger partial charge on any atom is -0.431 e. The normalized spacial score (nSPS) is 11.9. The zero-order chi connectivity index (χ0) is 13.8. The zero-order valence-corrected chi connectivity index (χ0v) is 13.2. The monoisotopic (exact) mass is 308 g/mol. The maximum Gasteiger partial charge on any atom is 0.308 e. The molecular weight excluding hydrogens is 291 g/mol. The lowest BCUT2D eigenvalue weighted by molar-refractivity contribution is -0.142. The molecule has 0 aliphatic carbocycles. The van der Waals surface area contributed by atoms with Crippen LogP contribution in [0.15, 0.2) is 12.1 Å². The molecule has 0 spiro atoms. The number of ether oxygens (including phenoxy) is 1. The molecule has 0 aliphatic rings. The van der Waals surface area contributed by atoms with Gasteiger partial charge in [-0.3, -0.25) is 4.79 Å². The molecular formula is C13H18Cl2O2S. The maximum absolute atomic E-state index is 11.3. The standard InChI is InChI=1S/C13H18Cl2O2S/c1-4-13(2,3)10-7-5-9(18-10)6-8-11(16)17-12(14)15/h5,7,12H,4,6,8H2,1-3H3. The van der Waals surface area contributed by atoms with Gasteiger partial charge in [-0.05, 0) is 30.4 Å². The van der Waals surface area contributed by atoms with Gasteiger partial charge in [0, 0.05) is 9.75 Å². The number of carbonyl (C=O) groups is 1. The number of rotatable bonds is 6. The van der Waals surface area contributed by atoms with E-state index in [1.807, 2.05) is 0 Å². The quantitative estimate of drug-likeness (QED) is 0.564. The molecule has 0 amide bonds. The summed E-state index contributed by atoms with van der Waals surface area (Å²) in [4.78, 5) is 13.8. The molecule has 2 nitrogen and oxygen atoms in total. The fraction of sp³-hybridized carbons (Fsp3) is 0.615. The Kier molecular flexibility index (Phi) is 5.96. The van der Waals surface area contributed by atoms with Crippen molar-refractivity contribution < 1.29 is 9.53 Å². The van der Waals surface area contributed by atoms with E-state index in [2.05, 4.69) is 37.6 Å². The van der Waals surface area contributed by atoms with E-state index < -0.39 is 5.02 Å². The van der Waals surface area contributed by atoms with Crippen LogP contribution in [0.1, 0.15) is 43.4 Å². The minimum atomic E-state index is -1.07. The molecule has 1 rings (SSSR count). The summed E-state index contributed by atoms with van der Waals surface area (Å²) in [5.74, 6) is -0.366. The van der Waals surface area contributed by atoms with Gasteiger partial charge in [0.15, 0.2) is 0 Å². The maximum atomic E-state index is 11.3. The van der Waals surface area contributed by atoms with E-state index in [1.54, 1.807) is 11.3 Å². The highest BCUT2D eigenvalue weighted by molar-refractivity contribution is 7.12. The zero-order valence-electron chi connectivity index (χ0n) is 10.8. The Bertz CT molecular complexity index is 399. The molecule has 1 aromatic heterocycles. The molecule has 0 radical (unpaired) electrons. The van der Waals surface area contributed by atoms with Crippen molar-refractivity contribution >= 4 is 40.5 Å². The number of halogens is 2. The molecule has 0 aromatic carbocycles. The topological polar surface area (TPSA) is 26.3 Å². The van der Waals surface area contributed by atoms with Crippen molar-refractivity contribution in [1.29, 1.82) is 0 Å². The number of esters is 1. The van der Waals surface area contributed by atoms with Gasteiger partial charge < -0.3 is 4.74 Å². The third-order valence-corrected chi connectivity index (χ3v) is 4.70. The second kappa shape index (κ2) is 6.78. The van der Waals surface area contributed by atoms with Gasteiger partial charge in [0.25, 0.3) is 5.02 Å². The van der Waals surface area contributed by atoms with Crippen molar-refractivity contribution in [2.24, 2.45) is 0 Å². The highest BCUT2D eigenvalue weighted by Crippen LogP contribution is 2.33. The van der Waals surface area contributed by atoms with E-state index in [0.717, 1.165) is 6.42 Å². The van der Waals surface area contributed by atoms with Gasteiger partial charge in [-0.2, -0.15) is 0 Å². The van der Waals surface area contributed by atoms with Crippen molar-refractivity contribution in [1.82, 2.24) is 0 Å². The molecule has 1 aromatic rings. The Morgan fingerprint density at radius 3 is 2.67 bits per heavy atom. The predicted octanol–water partition coefficient (Wildman–Crippen LogP) is 4.67. The SMILES string of the molecule is CCC(C)(C)c1ccc(CCC(=O)OC(Cl)Cl)s1. The van der Waals surface area contributed by atoms with Crippen molar-refractivity contribution in [3.05, 3.63) is 21.9 Å². The number of carbonyl (C=O) groups excluding carboxylic acids is 1. The first kappa shape index (κ1) is 15.8. The van der Waals surface area contributed by atoms with E-state index in [1.165, 1.54) is 9.75 Å². The molecule has 0 bridgehead atoms. The van der Waals surface area contributed by atoms with Crippen LogP contribution in [-0.4, -0.2) is 11.0 Å². The Balaban J connectivity index is 2.52. The van der Waals surface area contributed by atoms with Crippen molar-refractivity contribution in [2.75, 3.05) is 0 Å². The fourth-order valence-corrected chi connectivity index (χ4v) is 2.81. The molecule has 1 heterocycles. The van der Waals surface area contributed by atoms with Crippen molar-refractivity contribution in [3.8, 4) is 0 Å². The van der Waals surface area contributed by atoms with Crippen LogP contribution in [0.3, 0.4) is 0 Å². The molecule has 18 heavy (non-hydrogen) atoms. The third-order valence-electron chi connectivity index (χ3n) is 3.01. The molecule has 0 N–H and O–H groups in total. The summed E-state index contributed by atoms with van der Waals surface area (Å²) in [6.07, 6.45) is 2.07. The number of hydrogen-bond donors (Lipinski definition) is 0. The average Bonchev–Trinajstić information content (AvgIpc) is 2.74. The Morgan fingerprint density at radius 2 is 2.11 bits per heavy atom. The van der Waals surface area contributed by atoms with Gasteiger partial charge in [-0.25, -0.2) is 0 Å². The summed E-state index contributed by atoms with van der Waals surface area (Å²) in [7, 11) is 0. The van der Waals surface area contributed by atoms with Crippen LogP contribution in [0.2, 0.25) is 0 Å². The second-order valence-electron chi connectivity index (χ2n) is 4.75. The first-order valence-corrected chi connectivity index (χ1v) is 7.61. The largest absolute Gasteiger partial charge is 0.431 e. The number of alkyl halides is 2. The Labute approximate surface area is 122 Å². The summed E-state index contributed by atoms with van der Waals surface area (Å²) >= 11 is 12.5. The van der Waals surface area contributed by atoms with Gasteiger partial charge in [-0.1, -0.05) is 44.0 Å². The van der Waals surface area contributed by atoms with Crippen LogP contribution in [0.5, 0.6) is 0 Å². The highest BCUT2D eigenvalue weighted by atomic mass is 35.5. The summed E-state index contributed by atoms with van der Waals surface area (Å²) in [6.45, 7) is 6.63. The lowest BCUT2D eigenvalue weighted by atomic mass is 9.89. The lowest BCUT2D eigenvalue weighted by Gasteiger charge is -2.20. The van der Waals surface area contributed by atoms with Crippen LogP contribution in [0.4, 0.5) is 0 Å². The van der Waals surface area contributed by atoms with Gasteiger partial charge >= 0.3 is 5.97 Å². The summed E-state index contributed by atoms with van der Waals surface area (Å²) < 4.78 is 4.66. The molecule has 0 aliphatic heterocycles. The van der Waals surface area contributed by atoms with Gasteiger partial charge in [0.1, 0.15) is 0 Å². The molecule has 102 valence electrons. The summed E-state index contributed by atoms with van der Waals surface area (Å²) in [5, 5.41) is -1.07. The minimum absolute atomic E-state index is 0.195. The fourth-order valence-electron chi connectivity index (χ4n) is 1.43. The van der Waals surface area contributed by atoms with Crippen LogP contribution in [-0.2, 0) is 21.4 Å². The first-order valence-electron chi connectivity index (χ1n) is 5.92. The van der Waals surface area contributed by atoms with Crippen LogP contribution in [0, 0.1) is 0 Å². The van der Waals surface area contributed by atoms with Gasteiger partial charge in [0.2, 0.25) is 0 Å². The summed E-state index contributed by atoms with van der Waals surface area (Å²) in [6, 6.07) is 4.21. The number of hydrogen-bond acceptors (Lipinski definition) is 3. The van der Waals surface area contributed by atoms with E-state index in [0.29, 0.717) is 12.8 Å². The molecule has 0 atom stereocenters. The van der Waals surface area contributed by atoms with E-state index in [4.69, 9.17) is 23.2 Å². The number of aryl methyl sites for hydroxylation is 1. The smallest absolute Gasteiger partial charge is 0.308 e.